The summed E-state index contributed by atoms with van der Waals surface area (Å²) < 4.78 is 11.0. The van der Waals surface area contributed by atoms with Gasteiger partial charge in [-0.15, -0.1) is 0 Å². The fourth-order valence-electron chi connectivity index (χ4n) is 3.52. The molecule has 1 unspecified atom stereocenters. The molecule has 1 atom stereocenters. The lowest BCUT2D eigenvalue weighted by Gasteiger charge is -2.35. The summed E-state index contributed by atoms with van der Waals surface area (Å²) in [7, 11) is 3.32. The Morgan fingerprint density at radius 2 is 2.00 bits per heavy atom. The largest absolute Gasteiger partial charge is 0.352 e. The first-order valence-electron chi connectivity index (χ1n) is 8.53. The lowest BCUT2D eigenvalue weighted by atomic mass is 9.78. The van der Waals surface area contributed by atoms with Gasteiger partial charge in [0.15, 0.2) is 11.4 Å². The highest BCUT2D eigenvalue weighted by Gasteiger charge is 2.44. The molecule has 0 aliphatic carbocycles. The summed E-state index contributed by atoms with van der Waals surface area (Å²) >= 11 is 1.58. The molecule has 24 heavy (non-hydrogen) atoms. The number of likely N-dealkylation sites (tertiary alicyclic amines) is 1. The topological polar surface area (TPSA) is 47.5 Å². The molecule has 2 rings (SSSR count). The molecule has 0 saturated carbocycles. The number of aromatic nitrogens is 2. The predicted octanol–water partition coefficient (Wildman–Crippen LogP) is 3.64. The average Bonchev–Trinajstić information content (AvgIpc) is 3.02. The first-order chi connectivity index (χ1) is 11.3. The van der Waals surface area contributed by atoms with E-state index in [1.54, 1.807) is 26.0 Å². The molecule has 0 radical (unpaired) electrons. The van der Waals surface area contributed by atoms with Crippen LogP contribution in [0.3, 0.4) is 0 Å². The Morgan fingerprint density at radius 1 is 1.33 bits per heavy atom. The van der Waals surface area contributed by atoms with Gasteiger partial charge >= 0.3 is 0 Å². The molecule has 1 aliphatic heterocycles. The summed E-state index contributed by atoms with van der Waals surface area (Å²) in [4.78, 5) is 11.9. The Labute approximate surface area is 150 Å². The van der Waals surface area contributed by atoms with Crippen molar-refractivity contribution in [3.05, 3.63) is 17.5 Å². The third kappa shape index (κ3) is 3.77. The highest BCUT2D eigenvalue weighted by atomic mass is 32.2. The van der Waals surface area contributed by atoms with Gasteiger partial charge < -0.3 is 9.47 Å². The zero-order chi connectivity index (χ0) is 18.0. The van der Waals surface area contributed by atoms with Crippen molar-refractivity contribution in [3.8, 4) is 0 Å². The van der Waals surface area contributed by atoms with E-state index in [0.29, 0.717) is 0 Å². The van der Waals surface area contributed by atoms with E-state index >= 15 is 0 Å². The van der Waals surface area contributed by atoms with Gasteiger partial charge in [-0.2, -0.15) is 0 Å². The third-order valence-corrected chi connectivity index (χ3v) is 5.70. The van der Waals surface area contributed by atoms with Gasteiger partial charge in [-0.1, -0.05) is 18.7 Å². The molecular formula is C18H31N3O2S. The molecular weight excluding hydrogens is 322 g/mol. The van der Waals surface area contributed by atoms with Crippen LogP contribution in [-0.2, 0) is 14.9 Å². The number of rotatable bonds is 6. The second kappa shape index (κ2) is 7.68. The number of hydrogen-bond acceptors (Lipinski definition) is 6. The molecule has 0 amide bonds. The SMILES string of the molecule is CCC1(c2nc(SC)ncc2C(OC)OC)CCN(C(C)(C)C)C1. The van der Waals surface area contributed by atoms with Gasteiger partial charge in [0.25, 0.3) is 0 Å². The lowest BCUT2D eigenvalue weighted by Crippen LogP contribution is -2.42. The van der Waals surface area contributed by atoms with E-state index in [4.69, 9.17) is 14.5 Å². The molecule has 0 aromatic carbocycles. The Morgan fingerprint density at radius 3 is 2.46 bits per heavy atom. The van der Waals surface area contributed by atoms with Crippen molar-refractivity contribution in [2.75, 3.05) is 33.6 Å². The van der Waals surface area contributed by atoms with Gasteiger partial charge in [0.1, 0.15) is 0 Å². The fraction of sp³-hybridized carbons (Fsp3) is 0.778. The standard InChI is InChI=1S/C18H31N3O2S/c1-8-18(9-10-21(12-18)17(2,3)4)14-13(15(22-5)23-6)11-19-16(20-14)24-7/h11,15H,8-10,12H2,1-7H3. The summed E-state index contributed by atoms with van der Waals surface area (Å²) in [6.07, 6.45) is 5.60. The van der Waals surface area contributed by atoms with Crippen LogP contribution in [0, 0.1) is 0 Å². The number of nitrogens with zero attached hydrogens (tertiary/aromatic N) is 3. The fourth-order valence-corrected chi connectivity index (χ4v) is 3.86. The molecule has 0 bridgehead atoms. The van der Waals surface area contributed by atoms with Gasteiger partial charge in [0.2, 0.25) is 0 Å². The zero-order valence-electron chi connectivity index (χ0n) is 16.0. The quantitative estimate of drug-likeness (QED) is 0.442. The van der Waals surface area contributed by atoms with Crippen molar-refractivity contribution in [2.24, 2.45) is 0 Å². The van der Waals surface area contributed by atoms with Crippen LogP contribution in [0.1, 0.15) is 58.1 Å². The molecule has 0 N–H and O–H groups in total. The van der Waals surface area contributed by atoms with Gasteiger partial charge in [0, 0.05) is 43.5 Å². The van der Waals surface area contributed by atoms with Crippen LogP contribution in [0.15, 0.2) is 11.4 Å². The Bertz CT molecular complexity index is 558. The van der Waals surface area contributed by atoms with Crippen LogP contribution in [0.25, 0.3) is 0 Å². The van der Waals surface area contributed by atoms with Crippen molar-refractivity contribution >= 4 is 11.8 Å². The van der Waals surface area contributed by atoms with Crippen LogP contribution in [-0.4, -0.2) is 54.0 Å². The minimum Gasteiger partial charge on any atom is -0.352 e. The molecule has 1 aromatic rings. The van der Waals surface area contributed by atoms with Gasteiger partial charge in [-0.25, -0.2) is 9.97 Å². The first kappa shape index (κ1) is 19.6. The van der Waals surface area contributed by atoms with Gasteiger partial charge in [0.05, 0.1) is 5.69 Å². The van der Waals surface area contributed by atoms with Crippen LogP contribution >= 0.6 is 11.8 Å². The normalized spacial score (nSPS) is 22.5. The second-order valence-electron chi connectivity index (χ2n) is 7.44. The summed E-state index contributed by atoms with van der Waals surface area (Å²) in [5, 5.41) is 0.807. The zero-order valence-corrected chi connectivity index (χ0v) is 16.9. The summed E-state index contributed by atoms with van der Waals surface area (Å²) in [6, 6.07) is 0. The number of thioether (sulfide) groups is 1. The van der Waals surface area contributed by atoms with Crippen LogP contribution < -0.4 is 0 Å². The molecule has 1 aliphatic rings. The smallest absolute Gasteiger partial charge is 0.187 e. The lowest BCUT2D eigenvalue weighted by molar-refractivity contribution is -0.107. The highest BCUT2D eigenvalue weighted by Crippen LogP contribution is 2.42. The van der Waals surface area contributed by atoms with E-state index in [9.17, 15) is 0 Å². The molecule has 0 spiro atoms. The second-order valence-corrected chi connectivity index (χ2v) is 8.21. The summed E-state index contributed by atoms with van der Waals surface area (Å²) in [5.74, 6) is 0. The molecule has 1 saturated heterocycles. The maximum atomic E-state index is 5.52. The van der Waals surface area contributed by atoms with Crippen LogP contribution in [0.2, 0.25) is 0 Å². The van der Waals surface area contributed by atoms with Crippen molar-refractivity contribution in [1.82, 2.24) is 14.9 Å². The predicted molar refractivity (Wildman–Crippen MR) is 98.5 cm³/mol. The minimum atomic E-state index is -0.428. The van der Waals surface area contributed by atoms with E-state index in [2.05, 4.69) is 37.6 Å². The summed E-state index contributed by atoms with van der Waals surface area (Å²) in [5.41, 5.74) is 2.22. The average molecular weight is 354 g/mol. The van der Waals surface area contributed by atoms with Gasteiger partial charge in [-0.05, 0) is 46.4 Å². The van der Waals surface area contributed by atoms with Crippen LogP contribution in [0.5, 0.6) is 0 Å². The first-order valence-corrected chi connectivity index (χ1v) is 9.76. The van der Waals surface area contributed by atoms with E-state index < -0.39 is 6.29 Å². The van der Waals surface area contributed by atoms with Crippen molar-refractivity contribution in [1.29, 1.82) is 0 Å². The molecule has 136 valence electrons. The third-order valence-electron chi connectivity index (χ3n) is 5.14. The summed E-state index contributed by atoms with van der Waals surface area (Å²) in [6.45, 7) is 11.2. The van der Waals surface area contributed by atoms with Crippen LogP contribution in [0.4, 0.5) is 0 Å². The maximum Gasteiger partial charge on any atom is 0.187 e. The van der Waals surface area contributed by atoms with E-state index in [1.807, 2.05) is 12.5 Å². The highest BCUT2D eigenvalue weighted by molar-refractivity contribution is 7.98. The van der Waals surface area contributed by atoms with Crippen molar-refractivity contribution < 1.29 is 9.47 Å². The van der Waals surface area contributed by atoms with Crippen molar-refractivity contribution in [2.45, 2.75) is 62.9 Å². The molecule has 1 aromatic heterocycles. The number of methoxy groups -OCH3 is 2. The number of ether oxygens (including phenoxy) is 2. The molecule has 2 heterocycles. The monoisotopic (exact) mass is 353 g/mol. The van der Waals surface area contributed by atoms with Crippen molar-refractivity contribution in [3.63, 3.8) is 0 Å². The Hall–Kier alpha value is -0.690. The Balaban J connectivity index is 2.51. The van der Waals surface area contributed by atoms with Gasteiger partial charge in [-0.3, -0.25) is 4.90 Å². The maximum absolute atomic E-state index is 5.52. The van der Waals surface area contributed by atoms with E-state index in [-0.39, 0.29) is 11.0 Å². The van der Waals surface area contributed by atoms with E-state index in [0.717, 1.165) is 42.3 Å². The van der Waals surface area contributed by atoms with E-state index in [1.165, 1.54) is 0 Å². The Kier molecular flexibility index (Phi) is 6.29. The molecule has 1 fully saturated rings. The molecule has 6 heteroatoms. The number of hydrogen-bond donors (Lipinski definition) is 0. The minimum absolute atomic E-state index is 0.0192. The molecule has 5 nitrogen and oxygen atoms in total.